The maximum atomic E-state index is 11.6. The van der Waals surface area contributed by atoms with Gasteiger partial charge in [0.1, 0.15) is 0 Å². The van der Waals surface area contributed by atoms with E-state index in [-0.39, 0.29) is 40.9 Å². The van der Waals surface area contributed by atoms with Crippen LogP contribution >= 0.6 is 0 Å². The molecule has 0 unspecified atom stereocenters. The van der Waals surface area contributed by atoms with E-state index in [1.54, 1.807) is 0 Å². The Morgan fingerprint density at radius 3 is 2.50 bits per heavy atom. The third-order valence-corrected chi connectivity index (χ3v) is 2.89. The molecule has 0 aliphatic rings. The number of carboxylic acid groups (broad SMARTS) is 1. The smallest absolute Gasteiger partial charge is 0.872 e. The van der Waals surface area contributed by atoms with E-state index in [1.165, 1.54) is 31.0 Å². The fraction of sp³-hybridized carbons (Fsp3) is 0.500. The second-order valence-electron chi connectivity index (χ2n) is 4.25. The van der Waals surface area contributed by atoms with Gasteiger partial charge in [0.05, 0.1) is 5.56 Å². The Balaban J connectivity index is 0.00000289. The van der Waals surface area contributed by atoms with Gasteiger partial charge in [-0.1, -0.05) is 44.7 Å². The van der Waals surface area contributed by atoms with E-state index in [9.17, 15) is 9.90 Å². The van der Waals surface area contributed by atoms with Gasteiger partial charge in [-0.05, 0) is 24.5 Å². The minimum Gasteiger partial charge on any atom is -0.872 e. The Hall–Kier alpha value is -0.510. The molecule has 0 aliphatic carbocycles. The Morgan fingerprint density at radius 1 is 1.22 bits per heavy atom. The fourth-order valence-electron chi connectivity index (χ4n) is 1.93. The fourth-order valence-corrected chi connectivity index (χ4v) is 1.93. The molecule has 0 radical (unpaired) electrons. The zero-order chi connectivity index (χ0) is 12.7. The molecule has 0 spiro atoms. The average Bonchev–Trinajstić information content (AvgIpc) is 2.30. The minimum absolute atomic E-state index is 0. The first-order valence-corrected chi connectivity index (χ1v) is 6.19. The monoisotopic (exact) mass is 258 g/mol. The summed E-state index contributed by atoms with van der Waals surface area (Å²) < 4.78 is 0. The van der Waals surface area contributed by atoms with Gasteiger partial charge < -0.3 is 10.2 Å². The average molecular weight is 258 g/mol. The number of hydrogen-bond donors (Lipinski definition) is 1. The molecular formula is C14H19NaO3. The molecule has 0 atom stereocenters. The van der Waals surface area contributed by atoms with E-state index in [0.29, 0.717) is 12.0 Å². The number of benzene rings is 1. The van der Waals surface area contributed by atoms with E-state index >= 15 is 0 Å². The number of carboxylic acids is 1. The Morgan fingerprint density at radius 2 is 1.89 bits per heavy atom. The molecule has 0 saturated carbocycles. The van der Waals surface area contributed by atoms with E-state index in [4.69, 9.17) is 5.11 Å². The van der Waals surface area contributed by atoms with Gasteiger partial charge in [-0.2, -0.15) is 0 Å². The molecule has 1 aromatic rings. The topological polar surface area (TPSA) is 60.4 Å². The number of hydrogen-bond acceptors (Lipinski definition) is 2. The summed E-state index contributed by atoms with van der Waals surface area (Å²) in [6.07, 6.45) is 6.05. The summed E-state index contributed by atoms with van der Waals surface area (Å²) >= 11 is 0. The number of carbonyl (C=O) groups is 1. The van der Waals surface area contributed by atoms with Gasteiger partial charge in [-0.15, -0.1) is 5.75 Å². The molecule has 0 amide bonds. The Kier molecular flexibility index (Phi) is 9.16. The van der Waals surface area contributed by atoms with Gasteiger partial charge in [-0.25, -0.2) is 4.79 Å². The van der Waals surface area contributed by atoms with Crippen molar-refractivity contribution in [3.05, 3.63) is 29.3 Å². The molecule has 3 nitrogen and oxygen atoms in total. The Bertz CT molecular complexity index is 377. The molecule has 4 heteroatoms. The van der Waals surface area contributed by atoms with Gasteiger partial charge in [0.15, 0.2) is 0 Å². The molecule has 0 heterocycles. The summed E-state index contributed by atoms with van der Waals surface area (Å²) in [5.41, 5.74) is 0.615. The quantitative estimate of drug-likeness (QED) is 0.552. The number of unbranched alkanes of at least 4 members (excludes halogenated alkanes) is 4. The molecule has 0 bridgehead atoms. The molecule has 1 N–H and O–H groups in total. The summed E-state index contributed by atoms with van der Waals surface area (Å²) in [5.74, 6) is -1.16. The van der Waals surface area contributed by atoms with E-state index < -0.39 is 5.97 Å². The van der Waals surface area contributed by atoms with Crippen LogP contribution in [0.2, 0.25) is 0 Å². The van der Waals surface area contributed by atoms with Crippen molar-refractivity contribution in [2.75, 3.05) is 0 Å². The first kappa shape index (κ1) is 17.5. The van der Waals surface area contributed by atoms with Crippen LogP contribution in [0.3, 0.4) is 0 Å². The van der Waals surface area contributed by atoms with Gasteiger partial charge in [0, 0.05) is 0 Å². The van der Waals surface area contributed by atoms with Gasteiger partial charge in [-0.3, -0.25) is 0 Å². The van der Waals surface area contributed by atoms with Gasteiger partial charge >= 0.3 is 35.5 Å². The summed E-state index contributed by atoms with van der Waals surface area (Å²) in [6.45, 7) is 2.15. The standard InChI is InChI=1S/C14H20O3.Na/c1-2-3-4-5-6-8-11-12(14(16)17)9-7-10-13(11)15;/h7,9-10,15H,2-6,8H2,1H3,(H,16,17);/q;+1/p-1. The third-order valence-electron chi connectivity index (χ3n) is 2.89. The molecule has 0 fully saturated rings. The molecule has 0 saturated heterocycles. The molecule has 0 aliphatic heterocycles. The normalized spacial score (nSPS) is 9.83. The summed E-state index contributed by atoms with van der Waals surface area (Å²) in [4.78, 5) is 11.0. The van der Waals surface area contributed by atoms with Crippen molar-refractivity contribution in [2.45, 2.75) is 45.4 Å². The van der Waals surface area contributed by atoms with Crippen LogP contribution in [0.15, 0.2) is 18.2 Å². The maximum Gasteiger partial charge on any atom is 1.00 e. The van der Waals surface area contributed by atoms with Crippen molar-refractivity contribution in [3.8, 4) is 5.75 Å². The number of aromatic carboxylic acids is 1. The zero-order valence-electron chi connectivity index (χ0n) is 11.2. The van der Waals surface area contributed by atoms with Crippen molar-refractivity contribution in [1.29, 1.82) is 0 Å². The van der Waals surface area contributed by atoms with E-state index in [2.05, 4.69) is 6.92 Å². The summed E-state index contributed by atoms with van der Waals surface area (Å²) in [5, 5.41) is 20.6. The maximum absolute atomic E-state index is 11.6. The first-order chi connectivity index (χ1) is 8.16. The SMILES string of the molecule is CCCCCCCc1c([O-])cccc1C(=O)O.[Na+]. The first-order valence-electron chi connectivity index (χ1n) is 6.19. The van der Waals surface area contributed by atoms with Crippen molar-refractivity contribution in [2.24, 2.45) is 0 Å². The summed E-state index contributed by atoms with van der Waals surface area (Å²) in [7, 11) is 0. The van der Waals surface area contributed by atoms with Crippen LogP contribution in [-0.2, 0) is 6.42 Å². The van der Waals surface area contributed by atoms with Crippen LogP contribution in [0, 0.1) is 0 Å². The van der Waals surface area contributed by atoms with Crippen molar-refractivity contribution < 1.29 is 44.6 Å². The molecule has 1 rings (SSSR count). The minimum atomic E-state index is -1.01. The molecular weight excluding hydrogens is 239 g/mol. The molecule has 94 valence electrons. The zero-order valence-corrected chi connectivity index (χ0v) is 13.2. The second kappa shape index (κ2) is 9.42. The van der Waals surface area contributed by atoms with E-state index in [0.717, 1.165) is 19.3 Å². The van der Waals surface area contributed by atoms with Crippen LogP contribution < -0.4 is 34.7 Å². The van der Waals surface area contributed by atoms with Gasteiger partial charge in [0.2, 0.25) is 0 Å². The molecule has 0 aromatic heterocycles. The third kappa shape index (κ3) is 5.42. The van der Waals surface area contributed by atoms with Crippen molar-refractivity contribution in [1.82, 2.24) is 0 Å². The molecule has 1 aromatic carbocycles. The van der Waals surface area contributed by atoms with Crippen LogP contribution in [0.5, 0.6) is 5.75 Å². The van der Waals surface area contributed by atoms with Crippen LogP contribution in [-0.4, -0.2) is 11.1 Å². The number of rotatable bonds is 7. The van der Waals surface area contributed by atoms with Crippen molar-refractivity contribution >= 4 is 5.97 Å². The Labute approximate surface area is 131 Å². The van der Waals surface area contributed by atoms with Crippen LogP contribution in [0.25, 0.3) is 0 Å². The van der Waals surface area contributed by atoms with E-state index in [1.807, 2.05) is 0 Å². The summed E-state index contributed by atoms with van der Waals surface area (Å²) in [6, 6.07) is 4.45. The molecule has 18 heavy (non-hydrogen) atoms. The predicted octanol–water partition coefficient (Wildman–Crippen LogP) is -0.0247. The van der Waals surface area contributed by atoms with Gasteiger partial charge in [0.25, 0.3) is 0 Å². The second-order valence-corrected chi connectivity index (χ2v) is 4.25. The predicted molar refractivity (Wildman–Crippen MR) is 65.3 cm³/mol. The largest absolute Gasteiger partial charge is 1.00 e. The van der Waals surface area contributed by atoms with Crippen LogP contribution in [0.1, 0.15) is 54.9 Å². The van der Waals surface area contributed by atoms with Crippen LogP contribution in [0.4, 0.5) is 0 Å². The van der Waals surface area contributed by atoms with Crippen molar-refractivity contribution in [3.63, 3.8) is 0 Å².